The van der Waals surface area contributed by atoms with Gasteiger partial charge in [-0.2, -0.15) is 0 Å². The second kappa shape index (κ2) is 24.6. The molecule has 27 nitrogen and oxygen atoms in total. The van der Waals surface area contributed by atoms with Crippen molar-refractivity contribution in [2.75, 3.05) is 26.9 Å². The Labute approximate surface area is 445 Å². The van der Waals surface area contributed by atoms with Gasteiger partial charge in [0.1, 0.15) is 97.2 Å². The number of phenols is 6. The lowest BCUT2D eigenvalue weighted by molar-refractivity contribution is -0.358. The number of carbonyl (C=O) groups is 2. The third-order valence-corrected chi connectivity index (χ3v) is 12.8. The first-order valence-electron chi connectivity index (χ1n) is 23.9. The van der Waals surface area contributed by atoms with Crippen LogP contribution >= 0.6 is 0 Å². The van der Waals surface area contributed by atoms with Crippen molar-refractivity contribution in [3.63, 3.8) is 0 Å². The number of benzene rings is 4. The lowest BCUT2D eigenvalue weighted by Gasteiger charge is -2.45. The summed E-state index contributed by atoms with van der Waals surface area (Å²) >= 11 is 0. The molecule has 424 valence electrons. The van der Waals surface area contributed by atoms with E-state index < -0.39 is 158 Å². The predicted octanol–water partition coefficient (Wildman–Crippen LogP) is -0.667. The van der Waals surface area contributed by atoms with Gasteiger partial charge in [-0.05, 0) is 59.7 Å². The van der Waals surface area contributed by atoms with E-state index in [2.05, 4.69) is 0 Å². The first-order chi connectivity index (χ1) is 37.6. The fraction of sp³-hybridized carbons (Fsp3) is 0.365. The molecule has 4 heterocycles. The number of aliphatic hydroxyl groups is 9. The lowest BCUT2D eigenvalue weighted by Crippen LogP contribution is -2.65. The van der Waals surface area contributed by atoms with Gasteiger partial charge in [-0.25, -0.2) is 14.0 Å². The van der Waals surface area contributed by atoms with E-state index in [1.807, 2.05) is 0 Å². The van der Waals surface area contributed by atoms with Gasteiger partial charge >= 0.3 is 23.3 Å². The molecule has 3 saturated heterocycles. The molecule has 3 fully saturated rings. The van der Waals surface area contributed by atoms with Gasteiger partial charge < -0.3 is 119 Å². The number of aromatic hydroxyl groups is 6. The van der Waals surface area contributed by atoms with Crippen LogP contribution in [-0.2, 0) is 38.0 Å². The van der Waals surface area contributed by atoms with Crippen LogP contribution in [0, 0.1) is 0 Å². The van der Waals surface area contributed by atoms with Crippen LogP contribution in [0.25, 0.3) is 34.4 Å². The van der Waals surface area contributed by atoms with Gasteiger partial charge in [0.05, 0.1) is 25.3 Å². The number of aliphatic hydroxyl groups excluding tert-OH is 9. The molecule has 3 aliphatic rings. The number of hydrogen-bond donors (Lipinski definition) is 15. The van der Waals surface area contributed by atoms with Gasteiger partial charge in [0, 0.05) is 30.4 Å². The maximum Gasteiger partial charge on any atom is 0.402 e. The number of hydrogen-bond acceptors (Lipinski definition) is 26. The lowest BCUT2D eigenvalue weighted by atomic mass is 9.97. The molecule has 0 bridgehead atoms. The van der Waals surface area contributed by atoms with Crippen LogP contribution in [0.3, 0.4) is 0 Å². The molecule has 5 aromatic rings. The van der Waals surface area contributed by atoms with Crippen LogP contribution in [0.4, 0.5) is 0 Å². The van der Waals surface area contributed by atoms with Crippen molar-refractivity contribution in [3.05, 3.63) is 96.1 Å². The summed E-state index contributed by atoms with van der Waals surface area (Å²) in [6.07, 6.45) is -24.5. The minimum absolute atomic E-state index is 0.0796. The number of carbonyl (C=O) groups excluding carboxylic acids is 2. The Kier molecular flexibility index (Phi) is 17.9. The van der Waals surface area contributed by atoms with E-state index in [4.69, 9.17) is 47.0 Å². The van der Waals surface area contributed by atoms with Crippen molar-refractivity contribution in [1.82, 2.24) is 0 Å². The highest BCUT2D eigenvalue weighted by atomic mass is 16.8. The summed E-state index contributed by atoms with van der Waals surface area (Å²) in [5.41, 5.74) is 0.435. The number of methoxy groups -OCH3 is 1. The maximum atomic E-state index is 13.0. The number of ether oxygens (including phenoxy) is 9. The SMILES string of the molecule is COc1cc(-c2[o+]c3cc(O)cc(OC4OC(CO)C(O)C(O)C4O)c3cc2OC2OC(COC(=O)/C=C/c3ccc(O)c(O)c3)C(O)C(O)C2OC2OC(COC(=O)/C=C/c3ccc(O)c(O)c3)C(O)C(O)C2O)ccc1O. The topological polar surface area (TPSA) is 432 Å². The van der Waals surface area contributed by atoms with E-state index in [-0.39, 0.29) is 50.7 Å². The zero-order chi connectivity index (χ0) is 57.0. The summed E-state index contributed by atoms with van der Waals surface area (Å²) in [4.78, 5) is 25.7. The summed E-state index contributed by atoms with van der Waals surface area (Å²) in [6, 6.07) is 14.6. The fourth-order valence-corrected chi connectivity index (χ4v) is 8.44. The molecule has 8 rings (SSSR count). The van der Waals surface area contributed by atoms with Crippen molar-refractivity contribution in [3.8, 4) is 63.1 Å². The van der Waals surface area contributed by atoms with E-state index >= 15 is 0 Å². The van der Waals surface area contributed by atoms with Crippen LogP contribution in [-0.4, -0.2) is 208 Å². The maximum absolute atomic E-state index is 13.0. The van der Waals surface area contributed by atoms with Crippen LogP contribution in [0.1, 0.15) is 11.1 Å². The molecule has 15 unspecified atom stereocenters. The third kappa shape index (κ3) is 13.0. The normalized spacial score (nSPS) is 29.1. The Hall–Kier alpha value is -7.61. The molecule has 3 aliphatic heterocycles. The largest absolute Gasteiger partial charge is 0.507 e. The van der Waals surface area contributed by atoms with Gasteiger partial charge in [0.2, 0.25) is 18.3 Å². The van der Waals surface area contributed by atoms with Crippen LogP contribution in [0.15, 0.2) is 89.4 Å². The Bertz CT molecular complexity index is 3040. The number of rotatable bonds is 17. The molecular weight excluding hydrogens is 1060 g/mol. The second-order valence-corrected chi connectivity index (χ2v) is 18.2. The molecule has 0 aliphatic carbocycles. The van der Waals surface area contributed by atoms with Crippen molar-refractivity contribution < 1.29 is 133 Å². The van der Waals surface area contributed by atoms with Crippen molar-refractivity contribution in [2.45, 2.75) is 92.1 Å². The number of esters is 2. The monoisotopic (exact) mass is 1110 g/mol. The van der Waals surface area contributed by atoms with Gasteiger partial charge in [0.15, 0.2) is 46.9 Å². The average molecular weight is 1110 g/mol. The van der Waals surface area contributed by atoms with Crippen molar-refractivity contribution in [1.29, 1.82) is 0 Å². The van der Waals surface area contributed by atoms with Crippen molar-refractivity contribution >= 4 is 35.1 Å². The zero-order valence-corrected chi connectivity index (χ0v) is 41.1. The van der Waals surface area contributed by atoms with Crippen LogP contribution < -0.4 is 14.2 Å². The fourth-order valence-electron chi connectivity index (χ4n) is 8.44. The third-order valence-electron chi connectivity index (χ3n) is 12.8. The molecule has 0 spiro atoms. The molecule has 0 amide bonds. The standard InChI is InChI=1S/C52H54O27/c1-70-33-14-23(6-9-28(33)57)48-34(17-25-31(73-48)15-24(54)16-32(25)74-50-46(68)43(65)40(62)35(18-53)76-50)75-52-49(45(67)42(64)37(78-52)20-72-39(61)11-5-22-3-8-27(56)30(59)13-22)79-51-47(69)44(66)41(63)36(77-51)19-71-38(60)10-4-21-2-7-26(55)29(58)12-21/h2-17,35-37,40-47,49-53,62-69H,18-20H2,1H3,(H5-,54,55,56,57,58,59,60,61)/p+1. The number of phenolic OH excluding ortho intramolecular Hbond substituents is 6. The average Bonchev–Trinajstić information content (AvgIpc) is 3.59. The zero-order valence-electron chi connectivity index (χ0n) is 41.1. The minimum Gasteiger partial charge on any atom is -0.507 e. The first kappa shape index (κ1) is 57.6. The molecule has 0 saturated carbocycles. The molecule has 1 aromatic heterocycles. The molecule has 79 heavy (non-hydrogen) atoms. The summed E-state index contributed by atoms with van der Waals surface area (Å²) < 4.78 is 58.1. The molecule has 15 N–H and O–H groups in total. The van der Waals surface area contributed by atoms with Crippen molar-refractivity contribution in [2.24, 2.45) is 0 Å². The van der Waals surface area contributed by atoms with E-state index in [9.17, 15) is 86.2 Å². The number of fused-ring (bicyclic) bond motifs is 1. The Morgan fingerprint density at radius 1 is 0.532 bits per heavy atom. The van der Waals surface area contributed by atoms with E-state index in [0.717, 1.165) is 36.4 Å². The minimum atomic E-state index is -2.17. The first-order valence-corrected chi connectivity index (χ1v) is 23.9. The van der Waals surface area contributed by atoms with Gasteiger partial charge in [-0.15, -0.1) is 0 Å². The summed E-state index contributed by atoms with van der Waals surface area (Å²) in [5.74, 6) is -5.76. The van der Waals surface area contributed by atoms with E-state index in [1.54, 1.807) is 0 Å². The molecule has 4 aromatic carbocycles. The Morgan fingerprint density at radius 2 is 1.05 bits per heavy atom. The molecule has 27 heteroatoms. The smallest absolute Gasteiger partial charge is 0.402 e. The molecule has 15 atom stereocenters. The highest BCUT2D eigenvalue weighted by Crippen LogP contribution is 2.44. The summed E-state index contributed by atoms with van der Waals surface area (Å²) in [6.45, 7) is -2.44. The second-order valence-electron chi connectivity index (χ2n) is 18.2. The predicted molar refractivity (Wildman–Crippen MR) is 263 cm³/mol. The van der Waals surface area contributed by atoms with Crippen LogP contribution in [0.5, 0.6) is 51.7 Å². The molecular formula is C52H55O27+. The van der Waals surface area contributed by atoms with Gasteiger partial charge in [-0.1, -0.05) is 12.1 Å². The molecule has 0 radical (unpaired) electrons. The highest BCUT2D eigenvalue weighted by molar-refractivity contribution is 5.89. The summed E-state index contributed by atoms with van der Waals surface area (Å²) in [7, 11) is 1.25. The Balaban J connectivity index is 1.14. The van der Waals surface area contributed by atoms with Gasteiger partial charge in [0.25, 0.3) is 0 Å². The highest BCUT2D eigenvalue weighted by Gasteiger charge is 2.53. The quantitative estimate of drug-likeness (QED) is 0.0238. The van der Waals surface area contributed by atoms with Crippen LogP contribution in [0.2, 0.25) is 0 Å². The van der Waals surface area contributed by atoms with Gasteiger partial charge in [-0.3, -0.25) is 0 Å². The Morgan fingerprint density at radius 3 is 1.62 bits per heavy atom. The van der Waals surface area contributed by atoms with E-state index in [0.29, 0.717) is 0 Å². The summed E-state index contributed by atoms with van der Waals surface area (Å²) in [5, 5.41) is 158. The van der Waals surface area contributed by atoms with E-state index in [1.165, 1.54) is 67.8 Å².